The van der Waals surface area contributed by atoms with E-state index in [1.54, 1.807) is 21.3 Å². The number of nitrogens with zero attached hydrogens (tertiary/aromatic N) is 5. The maximum atomic E-state index is 11.1. The number of hydrogen-bond acceptors (Lipinski definition) is 9. The number of ether oxygens (including phenoxy) is 3. The van der Waals surface area contributed by atoms with Gasteiger partial charge in [-0.1, -0.05) is 18.3 Å². The smallest absolute Gasteiger partial charge is 0.230 e. The number of piperazine rings is 1. The van der Waals surface area contributed by atoms with E-state index in [2.05, 4.69) is 26.8 Å². The standard InChI is InChI=1S/C21H29N5O4S/c1-6-24-7-9-25(10-8-24)17(19-20(27)26-21(31-19)22-13(2)23-26)14-11-15(28-3)18(30-5)16(12-14)29-4/h11-12,17,27H,6-10H2,1-5H3/t17-/m1/s1. The molecule has 1 fully saturated rings. The molecule has 1 atom stereocenters. The predicted molar refractivity (Wildman–Crippen MR) is 119 cm³/mol. The van der Waals surface area contributed by atoms with Crippen molar-refractivity contribution in [2.75, 3.05) is 54.1 Å². The van der Waals surface area contributed by atoms with E-state index < -0.39 is 0 Å². The number of benzene rings is 1. The van der Waals surface area contributed by atoms with Crippen molar-refractivity contribution in [3.8, 4) is 23.1 Å². The van der Waals surface area contributed by atoms with Crippen LogP contribution in [0.4, 0.5) is 0 Å². The molecule has 31 heavy (non-hydrogen) atoms. The normalized spacial score (nSPS) is 16.5. The van der Waals surface area contributed by atoms with Gasteiger partial charge in [0.2, 0.25) is 16.6 Å². The lowest BCUT2D eigenvalue weighted by Gasteiger charge is -2.39. The lowest BCUT2D eigenvalue weighted by Crippen LogP contribution is -2.47. The van der Waals surface area contributed by atoms with Crippen LogP contribution in [0.3, 0.4) is 0 Å². The van der Waals surface area contributed by atoms with Crippen molar-refractivity contribution in [2.24, 2.45) is 0 Å². The van der Waals surface area contributed by atoms with Gasteiger partial charge in [-0.15, -0.1) is 5.10 Å². The van der Waals surface area contributed by atoms with Crippen LogP contribution in [0.2, 0.25) is 0 Å². The second-order valence-electron chi connectivity index (χ2n) is 7.47. The topological polar surface area (TPSA) is 84.6 Å². The van der Waals surface area contributed by atoms with Gasteiger partial charge in [0.05, 0.1) is 32.2 Å². The number of hydrogen-bond donors (Lipinski definition) is 1. The fourth-order valence-corrected chi connectivity index (χ4v) is 5.31. The third kappa shape index (κ3) is 3.90. The number of fused-ring (bicyclic) bond motifs is 1. The van der Waals surface area contributed by atoms with Gasteiger partial charge in [-0.3, -0.25) is 4.90 Å². The fourth-order valence-electron chi connectivity index (χ4n) is 4.15. The van der Waals surface area contributed by atoms with Crippen LogP contribution in [-0.2, 0) is 0 Å². The molecule has 3 heterocycles. The summed E-state index contributed by atoms with van der Waals surface area (Å²) in [6.07, 6.45) is 0. The molecule has 1 saturated heterocycles. The molecule has 0 spiro atoms. The number of methoxy groups -OCH3 is 3. The highest BCUT2D eigenvalue weighted by molar-refractivity contribution is 7.17. The molecule has 2 aromatic heterocycles. The van der Waals surface area contributed by atoms with Crippen LogP contribution in [0, 0.1) is 6.92 Å². The molecular weight excluding hydrogens is 418 g/mol. The minimum atomic E-state index is -0.193. The van der Waals surface area contributed by atoms with Crippen LogP contribution >= 0.6 is 11.3 Å². The fraction of sp³-hybridized carbons (Fsp3) is 0.524. The summed E-state index contributed by atoms with van der Waals surface area (Å²) in [6, 6.07) is 3.72. The quantitative estimate of drug-likeness (QED) is 0.592. The Balaban J connectivity index is 1.84. The monoisotopic (exact) mass is 447 g/mol. The van der Waals surface area contributed by atoms with Gasteiger partial charge in [-0.25, -0.2) is 4.98 Å². The van der Waals surface area contributed by atoms with Gasteiger partial charge < -0.3 is 24.2 Å². The third-order valence-electron chi connectivity index (χ3n) is 5.78. The molecule has 0 saturated carbocycles. The van der Waals surface area contributed by atoms with Gasteiger partial charge in [-0.05, 0) is 31.2 Å². The SMILES string of the molecule is CCN1CCN([C@H](c2cc(OC)c(OC)c(OC)c2)c2sc3nc(C)nn3c2O)CC1. The second kappa shape index (κ2) is 8.89. The summed E-state index contributed by atoms with van der Waals surface area (Å²) in [5.74, 6) is 2.48. The summed E-state index contributed by atoms with van der Waals surface area (Å²) >= 11 is 1.46. The molecule has 1 aliphatic heterocycles. The van der Waals surface area contributed by atoms with E-state index in [0.29, 0.717) is 28.0 Å². The Hall–Kier alpha value is -2.56. The predicted octanol–water partition coefficient (Wildman–Crippen LogP) is 2.56. The average Bonchev–Trinajstić information content (AvgIpc) is 3.30. The zero-order valence-corrected chi connectivity index (χ0v) is 19.4. The lowest BCUT2D eigenvalue weighted by atomic mass is 10.0. The van der Waals surface area contributed by atoms with Crippen LogP contribution in [0.25, 0.3) is 4.96 Å². The van der Waals surface area contributed by atoms with E-state index in [1.165, 1.54) is 15.9 Å². The van der Waals surface area contributed by atoms with Crippen LogP contribution in [-0.4, -0.2) is 83.6 Å². The molecular formula is C21H29N5O4S. The molecule has 10 heteroatoms. The highest BCUT2D eigenvalue weighted by Gasteiger charge is 2.33. The minimum absolute atomic E-state index is 0.122. The summed E-state index contributed by atoms with van der Waals surface area (Å²) in [4.78, 5) is 10.7. The third-order valence-corrected chi connectivity index (χ3v) is 6.85. The van der Waals surface area contributed by atoms with E-state index in [-0.39, 0.29) is 11.9 Å². The Morgan fingerprint density at radius 2 is 1.71 bits per heavy atom. The molecule has 1 aliphatic rings. The van der Waals surface area contributed by atoms with Crippen molar-refractivity contribution in [1.82, 2.24) is 24.4 Å². The first-order valence-corrected chi connectivity index (χ1v) is 11.1. The Morgan fingerprint density at radius 1 is 1.06 bits per heavy atom. The van der Waals surface area contributed by atoms with Gasteiger partial charge in [0.25, 0.3) is 0 Å². The van der Waals surface area contributed by atoms with Gasteiger partial charge in [-0.2, -0.15) is 4.52 Å². The molecule has 0 unspecified atom stereocenters. The van der Waals surface area contributed by atoms with Gasteiger partial charge in [0.1, 0.15) is 5.82 Å². The molecule has 168 valence electrons. The molecule has 0 bridgehead atoms. The Bertz CT molecular complexity index is 1030. The number of aryl methyl sites for hydroxylation is 1. The van der Waals surface area contributed by atoms with Crippen LogP contribution in [0.5, 0.6) is 23.1 Å². The summed E-state index contributed by atoms with van der Waals surface area (Å²) < 4.78 is 18.2. The maximum Gasteiger partial charge on any atom is 0.230 e. The molecule has 1 N–H and O–H groups in total. The van der Waals surface area contributed by atoms with E-state index in [0.717, 1.165) is 43.2 Å². The van der Waals surface area contributed by atoms with E-state index in [4.69, 9.17) is 14.2 Å². The highest BCUT2D eigenvalue weighted by atomic mass is 32.1. The molecule has 1 aromatic carbocycles. The molecule has 0 radical (unpaired) electrons. The first-order chi connectivity index (χ1) is 15.0. The number of aromatic nitrogens is 3. The number of likely N-dealkylation sites (N-methyl/N-ethyl adjacent to an activating group) is 1. The van der Waals surface area contributed by atoms with Crippen molar-refractivity contribution in [3.05, 3.63) is 28.4 Å². The first-order valence-electron chi connectivity index (χ1n) is 10.3. The van der Waals surface area contributed by atoms with Gasteiger partial charge in [0, 0.05) is 26.2 Å². The van der Waals surface area contributed by atoms with Crippen molar-refractivity contribution in [1.29, 1.82) is 0 Å². The maximum absolute atomic E-state index is 11.1. The molecule has 3 aromatic rings. The Morgan fingerprint density at radius 3 is 2.23 bits per heavy atom. The molecule has 4 rings (SSSR count). The van der Waals surface area contributed by atoms with E-state index >= 15 is 0 Å². The Kier molecular flexibility index (Phi) is 6.22. The largest absolute Gasteiger partial charge is 0.493 e. The highest BCUT2D eigenvalue weighted by Crippen LogP contribution is 2.45. The van der Waals surface area contributed by atoms with Crippen LogP contribution in [0.15, 0.2) is 12.1 Å². The molecule has 0 aliphatic carbocycles. The Labute approximate surface area is 185 Å². The average molecular weight is 448 g/mol. The first kappa shape index (κ1) is 21.7. The number of thiazole rings is 1. The zero-order valence-electron chi connectivity index (χ0n) is 18.6. The summed E-state index contributed by atoms with van der Waals surface area (Å²) in [6.45, 7) is 8.72. The summed E-state index contributed by atoms with van der Waals surface area (Å²) in [7, 11) is 4.81. The molecule has 0 amide bonds. The zero-order chi connectivity index (χ0) is 22.1. The van der Waals surface area contributed by atoms with Gasteiger partial charge >= 0.3 is 0 Å². The van der Waals surface area contributed by atoms with Gasteiger partial charge in [0.15, 0.2) is 11.5 Å². The minimum Gasteiger partial charge on any atom is -0.493 e. The van der Waals surface area contributed by atoms with Crippen LogP contribution < -0.4 is 14.2 Å². The summed E-state index contributed by atoms with van der Waals surface area (Å²) in [5.41, 5.74) is 0.955. The second-order valence-corrected chi connectivity index (χ2v) is 8.48. The summed E-state index contributed by atoms with van der Waals surface area (Å²) in [5, 5.41) is 15.4. The lowest BCUT2D eigenvalue weighted by molar-refractivity contribution is 0.113. The van der Waals surface area contributed by atoms with Crippen molar-refractivity contribution >= 4 is 16.3 Å². The van der Waals surface area contributed by atoms with Crippen molar-refractivity contribution < 1.29 is 19.3 Å². The molecule has 9 nitrogen and oxygen atoms in total. The van der Waals surface area contributed by atoms with Crippen LogP contribution in [0.1, 0.15) is 29.2 Å². The van der Waals surface area contributed by atoms with Crippen molar-refractivity contribution in [3.63, 3.8) is 0 Å². The van der Waals surface area contributed by atoms with Crippen molar-refractivity contribution in [2.45, 2.75) is 19.9 Å². The number of aromatic hydroxyl groups is 1. The van der Waals surface area contributed by atoms with E-state index in [9.17, 15) is 5.11 Å². The van der Waals surface area contributed by atoms with E-state index in [1.807, 2.05) is 19.1 Å². The number of rotatable bonds is 7.